The number of carbonyl (C=O) groups is 1. The standard InChI is InChI=1S/C19H23N3O3/c1-15-4-2-3-5-17(15)25-14-19(23)21-13-16-6-7-20-18(12-16)22-8-10-24-11-9-22/h2-7,12H,8-11,13-14H2,1H3,(H,21,23). The fourth-order valence-electron chi connectivity index (χ4n) is 2.65. The number of carbonyl (C=O) groups excluding carboxylic acids is 1. The SMILES string of the molecule is Cc1ccccc1OCC(=O)NCc1ccnc(N2CCOCC2)c1. The fourth-order valence-corrected chi connectivity index (χ4v) is 2.65. The molecule has 1 aromatic heterocycles. The third kappa shape index (κ3) is 4.93. The van der Waals surface area contributed by atoms with Crippen molar-refractivity contribution < 1.29 is 14.3 Å². The van der Waals surface area contributed by atoms with E-state index in [1.807, 2.05) is 43.3 Å². The van der Waals surface area contributed by atoms with E-state index in [0.29, 0.717) is 6.54 Å². The summed E-state index contributed by atoms with van der Waals surface area (Å²) in [7, 11) is 0. The number of aryl methyl sites for hydroxylation is 1. The molecule has 1 N–H and O–H groups in total. The van der Waals surface area contributed by atoms with Crippen LogP contribution in [0.5, 0.6) is 5.75 Å². The van der Waals surface area contributed by atoms with Gasteiger partial charge in [-0.05, 0) is 36.2 Å². The molecule has 0 unspecified atom stereocenters. The average Bonchev–Trinajstić information content (AvgIpc) is 2.67. The second kappa shape index (κ2) is 8.48. The van der Waals surface area contributed by atoms with Gasteiger partial charge in [-0.15, -0.1) is 0 Å². The number of hydrogen-bond donors (Lipinski definition) is 1. The summed E-state index contributed by atoms with van der Waals surface area (Å²) in [6, 6.07) is 11.6. The van der Waals surface area contributed by atoms with Gasteiger partial charge in [-0.25, -0.2) is 4.98 Å². The summed E-state index contributed by atoms with van der Waals surface area (Å²) >= 11 is 0. The molecule has 1 saturated heterocycles. The molecule has 1 aliphatic heterocycles. The summed E-state index contributed by atoms with van der Waals surface area (Å²) in [6.07, 6.45) is 1.77. The van der Waals surface area contributed by atoms with Crippen molar-refractivity contribution in [2.45, 2.75) is 13.5 Å². The zero-order chi connectivity index (χ0) is 17.5. The Bertz CT molecular complexity index is 715. The average molecular weight is 341 g/mol. The highest BCUT2D eigenvalue weighted by Gasteiger charge is 2.12. The van der Waals surface area contributed by atoms with E-state index in [-0.39, 0.29) is 12.5 Å². The molecule has 0 radical (unpaired) electrons. The van der Waals surface area contributed by atoms with Crippen molar-refractivity contribution in [3.05, 3.63) is 53.7 Å². The molecule has 2 aromatic rings. The first-order valence-corrected chi connectivity index (χ1v) is 8.45. The Morgan fingerprint density at radius 2 is 2.08 bits per heavy atom. The quantitative estimate of drug-likeness (QED) is 0.870. The van der Waals surface area contributed by atoms with Crippen LogP contribution in [-0.2, 0) is 16.1 Å². The van der Waals surface area contributed by atoms with Crippen molar-refractivity contribution in [2.75, 3.05) is 37.8 Å². The molecule has 1 amide bonds. The third-order valence-electron chi connectivity index (χ3n) is 4.09. The predicted molar refractivity (Wildman–Crippen MR) is 95.8 cm³/mol. The van der Waals surface area contributed by atoms with E-state index < -0.39 is 0 Å². The molecule has 0 saturated carbocycles. The monoisotopic (exact) mass is 341 g/mol. The van der Waals surface area contributed by atoms with Gasteiger partial charge in [-0.3, -0.25) is 4.79 Å². The van der Waals surface area contributed by atoms with Crippen LogP contribution in [0.2, 0.25) is 0 Å². The summed E-state index contributed by atoms with van der Waals surface area (Å²) < 4.78 is 10.9. The fraction of sp³-hybridized carbons (Fsp3) is 0.368. The van der Waals surface area contributed by atoms with Crippen LogP contribution in [-0.4, -0.2) is 43.8 Å². The Labute approximate surface area is 147 Å². The number of para-hydroxylation sites is 1. The first-order chi connectivity index (χ1) is 12.2. The number of amides is 1. The molecule has 1 aliphatic rings. The minimum Gasteiger partial charge on any atom is -0.484 e. The molecule has 3 rings (SSSR count). The van der Waals surface area contributed by atoms with Crippen LogP contribution in [0.1, 0.15) is 11.1 Å². The number of hydrogen-bond acceptors (Lipinski definition) is 5. The first-order valence-electron chi connectivity index (χ1n) is 8.45. The smallest absolute Gasteiger partial charge is 0.258 e. The van der Waals surface area contributed by atoms with Crippen molar-refractivity contribution in [1.29, 1.82) is 0 Å². The second-order valence-corrected chi connectivity index (χ2v) is 5.95. The van der Waals surface area contributed by atoms with Gasteiger partial charge in [0.25, 0.3) is 5.91 Å². The van der Waals surface area contributed by atoms with Crippen molar-refractivity contribution >= 4 is 11.7 Å². The maximum atomic E-state index is 12.0. The van der Waals surface area contributed by atoms with Crippen LogP contribution < -0.4 is 15.0 Å². The molecule has 132 valence electrons. The van der Waals surface area contributed by atoms with Crippen molar-refractivity contribution in [1.82, 2.24) is 10.3 Å². The molecule has 6 heteroatoms. The summed E-state index contributed by atoms with van der Waals surface area (Å²) in [4.78, 5) is 18.6. The van der Waals surface area contributed by atoms with Gasteiger partial charge in [0.2, 0.25) is 0 Å². The van der Waals surface area contributed by atoms with Gasteiger partial charge in [-0.2, -0.15) is 0 Å². The molecular weight excluding hydrogens is 318 g/mol. The van der Waals surface area contributed by atoms with E-state index in [4.69, 9.17) is 9.47 Å². The third-order valence-corrected chi connectivity index (χ3v) is 4.09. The minimum absolute atomic E-state index is 0.00621. The number of rotatable bonds is 6. The maximum absolute atomic E-state index is 12.0. The minimum atomic E-state index is -0.145. The van der Waals surface area contributed by atoms with Crippen LogP contribution in [0.15, 0.2) is 42.6 Å². The Balaban J connectivity index is 1.49. The number of nitrogens with one attached hydrogen (secondary N) is 1. The van der Waals surface area contributed by atoms with E-state index in [2.05, 4.69) is 15.2 Å². The van der Waals surface area contributed by atoms with Gasteiger partial charge < -0.3 is 19.7 Å². The van der Waals surface area contributed by atoms with Gasteiger partial charge in [0.1, 0.15) is 11.6 Å². The topological polar surface area (TPSA) is 63.7 Å². The number of benzene rings is 1. The van der Waals surface area contributed by atoms with Crippen LogP contribution in [0.25, 0.3) is 0 Å². The lowest BCUT2D eigenvalue weighted by atomic mass is 10.2. The highest BCUT2D eigenvalue weighted by atomic mass is 16.5. The maximum Gasteiger partial charge on any atom is 0.258 e. The lowest BCUT2D eigenvalue weighted by Gasteiger charge is -2.28. The molecule has 0 atom stereocenters. The Hall–Kier alpha value is -2.60. The molecule has 0 aliphatic carbocycles. The summed E-state index contributed by atoms with van der Waals surface area (Å²) in [5, 5.41) is 2.88. The van der Waals surface area contributed by atoms with Gasteiger partial charge in [0, 0.05) is 25.8 Å². The number of anilines is 1. The molecular formula is C19H23N3O3. The van der Waals surface area contributed by atoms with Crippen LogP contribution in [0.4, 0.5) is 5.82 Å². The van der Waals surface area contributed by atoms with E-state index >= 15 is 0 Å². The normalized spacial score (nSPS) is 14.2. The van der Waals surface area contributed by atoms with Gasteiger partial charge >= 0.3 is 0 Å². The molecule has 6 nitrogen and oxygen atoms in total. The lowest BCUT2D eigenvalue weighted by molar-refractivity contribution is -0.123. The Morgan fingerprint density at radius 1 is 1.28 bits per heavy atom. The van der Waals surface area contributed by atoms with Gasteiger partial charge in [0.15, 0.2) is 6.61 Å². The predicted octanol–water partition coefficient (Wildman–Crippen LogP) is 1.92. The second-order valence-electron chi connectivity index (χ2n) is 5.95. The summed E-state index contributed by atoms with van der Waals surface area (Å²) in [5.41, 5.74) is 2.03. The number of aromatic nitrogens is 1. The first kappa shape index (κ1) is 17.2. The van der Waals surface area contributed by atoms with Crippen molar-refractivity contribution in [3.63, 3.8) is 0 Å². The highest BCUT2D eigenvalue weighted by molar-refractivity contribution is 5.77. The molecule has 1 aromatic carbocycles. The van der Waals surface area contributed by atoms with Crippen LogP contribution in [0, 0.1) is 6.92 Å². The summed E-state index contributed by atoms with van der Waals surface area (Å²) in [5.74, 6) is 1.51. The van der Waals surface area contributed by atoms with E-state index in [1.165, 1.54) is 0 Å². The van der Waals surface area contributed by atoms with Gasteiger partial charge in [-0.1, -0.05) is 18.2 Å². The van der Waals surface area contributed by atoms with E-state index in [9.17, 15) is 4.79 Å². The number of ether oxygens (including phenoxy) is 2. The lowest BCUT2D eigenvalue weighted by Crippen LogP contribution is -2.36. The van der Waals surface area contributed by atoms with Gasteiger partial charge in [0.05, 0.1) is 13.2 Å². The largest absolute Gasteiger partial charge is 0.484 e. The van der Waals surface area contributed by atoms with E-state index in [0.717, 1.165) is 49.0 Å². The zero-order valence-corrected chi connectivity index (χ0v) is 14.4. The van der Waals surface area contributed by atoms with Crippen molar-refractivity contribution in [2.24, 2.45) is 0 Å². The number of nitrogens with zero attached hydrogens (tertiary/aromatic N) is 2. The number of morpholine rings is 1. The Morgan fingerprint density at radius 3 is 2.88 bits per heavy atom. The van der Waals surface area contributed by atoms with Crippen LogP contribution >= 0.6 is 0 Å². The van der Waals surface area contributed by atoms with E-state index in [1.54, 1.807) is 6.20 Å². The van der Waals surface area contributed by atoms with Crippen LogP contribution in [0.3, 0.4) is 0 Å². The molecule has 0 spiro atoms. The Kier molecular flexibility index (Phi) is 5.85. The zero-order valence-electron chi connectivity index (χ0n) is 14.4. The summed E-state index contributed by atoms with van der Waals surface area (Å²) in [6.45, 7) is 5.54. The molecule has 0 bridgehead atoms. The molecule has 25 heavy (non-hydrogen) atoms. The highest BCUT2D eigenvalue weighted by Crippen LogP contribution is 2.16. The molecule has 2 heterocycles. The molecule has 1 fully saturated rings. The van der Waals surface area contributed by atoms with Crippen molar-refractivity contribution in [3.8, 4) is 5.75 Å². The number of pyridine rings is 1.